The Morgan fingerprint density at radius 2 is 1.82 bits per heavy atom. The summed E-state index contributed by atoms with van der Waals surface area (Å²) in [6.45, 7) is 7.49. The lowest BCUT2D eigenvalue weighted by Crippen LogP contribution is -2.52. The van der Waals surface area contributed by atoms with E-state index in [2.05, 4.69) is 37.6 Å². The quantitative estimate of drug-likeness (QED) is 0.807. The molecule has 0 unspecified atom stereocenters. The maximum absolute atomic E-state index is 12.8. The molecule has 0 saturated carbocycles. The number of likely N-dealkylation sites (tertiary alicyclic amines) is 2. The Bertz CT molecular complexity index is 611. The van der Waals surface area contributed by atoms with Gasteiger partial charge in [-0.2, -0.15) is 0 Å². The summed E-state index contributed by atoms with van der Waals surface area (Å²) in [7, 11) is 0. The van der Waals surface area contributed by atoms with E-state index < -0.39 is 0 Å². The third-order valence-corrected chi connectivity index (χ3v) is 6.74. The fourth-order valence-electron chi connectivity index (χ4n) is 5.03. The molecule has 6 heteroatoms. The predicted octanol–water partition coefficient (Wildman–Crippen LogP) is 1.63. The lowest BCUT2D eigenvalue weighted by Gasteiger charge is -2.42. The third kappa shape index (κ3) is 5.31. The van der Waals surface area contributed by atoms with Gasteiger partial charge in [0.15, 0.2) is 0 Å². The van der Waals surface area contributed by atoms with Crippen LogP contribution in [0.5, 0.6) is 0 Å². The summed E-state index contributed by atoms with van der Waals surface area (Å²) in [6.07, 6.45) is 10.5. The van der Waals surface area contributed by atoms with Gasteiger partial charge in [0.1, 0.15) is 0 Å². The standard InChI is InChI=1S/C22H35N5O/c28-22(25-20-5-11-24-12-6-20)19-2-1-13-27(17-19)21-7-14-26(15-8-21)16-18-3-9-23-10-4-18/h3-4,9-10,19-21,24H,1-2,5-8,11-17H2,(H,25,28)/t19-/m0/s1. The van der Waals surface area contributed by atoms with Crippen LogP contribution in [0.4, 0.5) is 0 Å². The van der Waals surface area contributed by atoms with Crippen molar-refractivity contribution in [3.63, 3.8) is 0 Å². The summed E-state index contributed by atoms with van der Waals surface area (Å²) in [6, 6.07) is 5.24. The first-order valence-corrected chi connectivity index (χ1v) is 11.1. The Morgan fingerprint density at radius 3 is 2.57 bits per heavy atom. The van der Waals surface area contributed by atoms with Crippen molar-refractivity contribution in [2.45, 2.75) is 57.2 Å². The molecular weight excluding hydrogens is 350 g/mol. The van der Waals surface area contributed by atoms with Crippen LogP contribution in [0.15, 0.2) is 24.5 Å². The molecule has 1 aromatic rings. The number of piperidine rings is 3. The fraction of sp³-hybridized carbons (Fsp3) is 0.727. The summed E-state index contributed by atoms with van der Waals surface area (Å²) in [5.41, 5.74) is 1.35. The molecule has 1 aromatic heterocycles. The second kappa shape index (κ2) is 9.81. The van der Waals surface area contributed by atoms with Crippen molar-refractivity contribution >= 4 is 5.91 Å². The number of nitrogens with zero attached hydrogens (tertiary/aromatic N) is 3. The zero-order valence-electron chi connectivity index (χ0n) is 17.0. The Labute approximate surface area is 169 Å². The molecule has 0 radical (unpaired) electrons. The molecule has 28 heavy (non-hydrogen) atoms. The predicted molar refractivity (Wildman–Crippen MR) is 111 cm³/mol. The number of hydrogen-bond donors (Lipinski definition) is 2. The minimum atomic E-state index is 0.179. The molecule has 4 heterocycles. The maximum atomic E-state index is 12.8. The molecule has 3 aliphatic heterocycles. The van der Waals surface area contributed by atoms with Crippen LogP contribution in [0.2, 0.25) is 0 Å². The number of nitrogens with one attached hydrogen (secondary N) is 2. The van der Waals surface area contributed by atoms with Crippen LogP contribution >= 0.6 is 0 Å². The first kappa shape index (κ1) is 19.8. The van der Waals surface area contributed by atoms with E-state index in [1.807, 2.05) is 12.4 Å². The third-order valence-electron chi connectivity index (χ3n) is 6.74. The van der Waals surface area contributed by atoms with Crippen molar-refractivity contribution in [1.82, 2.24) is 25.4 Å². The zero-order valence-corrected chi connectivity index (χ0v) is 17.0. The molecule has 3 saturated heterocycles. The van der Waals surface area contributed by atoms with E-state index in [-0.39, 0.29) is 5.92 Å². The van der Waals surface area contributed by atoms with E-state index in [1.54, 1.807) is 0 Å². The summed E-state index contributed by atoms with van der Waals surface area (Å²) in [5, 5.41) is 6.70. The first-order valence-electron chi connectivity index (χ1n) is 11.1. The average Bonchev–Trinajstić information content (AvgIpc) is 2.76. The van der Waals surface area contributed by atoms with E-state index >= 15 is 0 Å². The lowest BCUT2D eigenvalue weighted by molar-refractivity contribution is -0.128. The number of pyridine rings is 1. The Balaban J connectivity index is 1.23. The molecule has 0 aromatic carbocycles. The van der Waals surface area contributed by atoms with Gasteiger partial charge in [-0.25, -0.2) is 0 Å². The van der Waals surface area contributed by atoms with Gasteiger partial charge < -0.3 is 10.6 Å². The Morgan fingerprint density at radius 1 is 1.07 bits per heavy atom. The van der Waals surface area contributed by atoms with Crippen LogP contribution in [0.3, 0.4) is 0 Å². The normalized spacial score (nSPS) is 26.2. The van der Waals surface area contributed by atoms with Crippen LogP contribution in [-0.2, 0) is 11.3 Å². The van der Waals surface area contributed by atoms with Crippen molar-refractivity contribution < 1.29 is 4.79 Å². The van der Waals surface area contributed by atoms with Crippen molar-refractivity contribution in [2.24, 2.45) is 5.92 Å². The van der Waals surface area contributed by atoms with Gasteiger partial charge in [0.2, 0.25) is 5.91 Å². The molecular formula is C22H35N5O. The van der Waals surface area contributed by atoms with Crippen LogP contribution in [-0.4, -0.2) is 72.0 Å². The number of carbonyl (C=O) groups is 1. The highest BCUT2D eigenvalue weighted by atomic mass is 16.2. The highest BCUT2D eigenvalue weighted by Gasteiger charge is 2.32. The molecule has 154 valence electrons. The fourth-order valence-corrected chi connectivity index (χ4v) is 5.03. The number of aromatic nitrogens is 1. The second-order valence-electron chi connectivity index (χ2n) is 8.73. The second-order valence-corrected chi connectivity index (χ2v) is 8.73. The molecule has 0 bridgehead atoms. The van der Waals surface area contributed by atoms with Gasteiger partial charge in [0.05, 0.1) is 5.92 Å². The summed E-state index contributed by atoms with van der Waals surface area (Å²) in [4.78, 5) is 22.1. The van der Waals surface area contributed by atoms with Crippen molar-refractivity contribution in [3.05, 3.63) is 30.1 Å². The van der Waals surface area contributed by atoms with Gasteiger partial charge in [-0.15, -0.1) is 0 Å². The molecule has 0 aliphatic carbocycles. The minimum Gasteiger partial charge on any atom is -0.353 e. The number of amides is 1. The molecule has 1 amide bonds. The zero-order chi connectivity index (χ0) is 19.2. The summed E-state index contributed by atoms with van der Waals surface area (Å²) >= 11 is 0. The van der Waals surface area contributed by atoms with Crippen LogP contribution in [0, 0.1) is 5.92 Å². The first-order chi connectivity index (χ1) is 13.8. The number of carbonyl (C=O) groups excluding carboxylic acids is 1. The maximum Gasteiger partial charge on any atom is 0.224 e. The number of hydrogen-bond acceptors (Lipinski definition) is 5. The SMILES string of the molecule is O=C(NC1CCNCC1)[C@H]1CCCN(C2CCN(Cc3ccncc3)CC2)C1. The van der Waals surface area contributed by atoms with Gasteiger partial charge in [0, 0.05) is 37.6 Å². The number of rotatable bonds is 5. The monoisotopic (exact) mass is 385 g/mol. The molecule has 0 spiro atoms. The van der Waals surface area contributed by atoms with E-state index in [9.17, 15) is 4.79 Å². The van der Waals surface area contributed by atoms with E-state index in [4.69, 9.17) is 0 Å². The van der Waals surface area contributed by atoms with Crippen molar-refractivity contribution in [2.75, 3.05) is 39.3 Å². The van der Waals surface area contributed by atoms with Crippen molar-refractivity contribution in [3.8, 4) is 0 Å². The summed E-state index contributed by atoms with van der Waals surface area (Å²) in [5.74, 6) is 0.477. The molecule has 3 aliphatic rings. The van der Waals surface area contributed by atoms with Gasteiger partial charge in [0.25, 0.3) is 0 Å². The van der Waals surface area contributed by atoms with E-state index in [1.165, 1.54) is 18.4 Å². The van der Waals surface area contributed by atoms with E-state index in [0.29, 0.717) is 18.0 Å². The lowest BCUT2D eigenvalue weighted by atomic mass is 9.92. The molecule has 3 fully saturated rings. The Kier molecular flexibility index (Phi) is 6.94. The largest absolute Gasteiger partial charge is 0.353 e. The van der Waals surface area contributed by atoms with E-state index in [0.717, 1.165) is 71.5 Å². The average molecular weight is 386 g/mol. The van der Waals surface area contributed by atoms with Gasteiger partial charge in [-0.05, 0) is 88.9 Å². The van der Waals surface area contributed by atoms with Gasteiger partial charge in [-0.1, -0.05) is 0 Å². The highest BCUT2D eigenvalue weighted by Crippen LogP contribution is 2.25. The smallest absolute Gasteiger partial charge is 0.224 e. The van der Waals surface area contributed by atoms with Gasteiger partial charge in [-0.3, -0.25) is 19.6 Å². The minimum absolute atomic E-state index is 0.179. The van der Waals surface area contributed by atoms with Crippen LogP contribution < -0.4 is 10.6 Å². The molecule has 2 N–H and O–H groups in total. The molecule has 1 atom stereocenters. The topological polar surface area (TPSA) is 60.5 Å². The van der Waals surface area contributed by atoms with Crippen LogP contribution in [0.1, 0.15) is 44.1 Å². The van der Waals surface area contributed by atoms with Gasteiger partial charge >= 0.3 is 0 Å². The van der Waals surface area contributed by atoms with Crippen LogP contribution in [0.25, 0.3) is 0 Å². The Hall–Kier alpha value is -1.50. The molecule has 4 rings (SSSR count). The summed E-state index contributed by atoms with van der Waals surface area (Å²) < 4.78 is 0. The highest BCUT2D eigenvalue weighted by molar-refractivity contribution is 5.79. The van der Waals surface area contributed by atoms with Crippen molar-refractivity contribution in [1.29, 1.82) is 0 Å². The molecule has 6 nitrogen and oxygen atoms in total.